The van der Waals surface area contributed by atoms with Gasteiger partial charge in [0.1, 0.15) is 5.82 Å². The Morgan fingerprint density at radius 3 is 2.22 bits per heavy atom. The molecule has 0 heterocycles. The van der Waals surface area contributed by atoms with Crippen LogP contribution in [0.1, 0.15) is 22.1 Å². The molecular formula is C15H9F4NO3. The number of nitrogens with one attached hydrogen (secondary N) is 1. The number of carboxylic acid groups (broad SMARTS) is 1. The molecule has 2 aromatic rings. The summed E-state index contributed by atoms with van der Waals surface area (Å²) in [5, 5.41) is 10.8. The summed E-state index contributed by atoms with van der Waals surface area (Å²) in [6.45, 7) is 0. The zero-order valence-corrected chi connectivity index (χ0v) is 11.3. The Morgan fingerprint density at radius 1 is 0.957 bits per heavy atom. The number of benzene rings is 2. The first-order valence-electron chi connectivity index (χ1n) is 6.22. The first-order valence-corrected chi connectivity index (χ1v) is 6.22. The highest BCUT2D eigenvalue weighted by atomic mass is 19.2. The van der Waals surface area contributed by atoms with Crippen molar-refractivity contribution in [2.45, 2.75) is 6.17 Å². The lowest BCUT2D eigenvalue weighted by Crippen LogP contribution is -2.14. The Labute approximate surface area is 127 Å². The number of carbonyl (C=O) groups is 2. The van der Waals surface area contributed by atoms with Crippen LogP contribution in [0.5, 0.6) is 0 Å². The van der Waals surface area contributed by atoms with Crippen LogP contribution in [0.2, 0.25) is 0 Å². The maximum absolute atomic E-state index is 13.4. The highest BCUT2D eigenvalue weighted by Crippen LogP contribution is 2.23. The first-order chi connectivity index (χ1) is 10.8. The highest BCUT2D eigenvalue weighted by molar-refractivity contribution is 6.04. The second kappa shape index (κ2) is 6.47. The molecule has 2 N–H and O–H groups in total. The Balaban J connectivity index is 2.27. The van der Waals surface area contributed by atoms with E-state index in [-0.39, 0.29) is 11.3 Å². The van der Waals surface area contributed by atoms with Crippen LogP contribution < -0.4 is 5.32 Å². The van der Waals surface area contributed by atoms with E-state index in [1.54, 1.807) is 0 Å². The lowest BCUT2D eigenvalue weighted by molar-refractivity contribution is -0.143. The van der Waals surface area contributed by atoms with E-state index in [9.17, 15) is 27.2 Å². The number of aliphatic carboxylic acids is 1. The molecule has 1 atom stereocenters. The third kappa shape index (κ3) is 3.65. The van der Waals surface area contributed by atoms with Crippen LogP contribution in [0.15, 0.2) is 36.4 Å². The first kappa shape index (κ1) is 16.5. The van der Waals surface area contributed by atoms with Gasteiger partial charge in [0, 0.05) is 22.9 Å². The average Bonchev–Trinajstić information content (AvgIpc) is 2.50. The molecule has 0 bridgehead atoms. The second-order valence-corrected chi connectivity index (χ2v) is 4.52. The molecule has 23 heavy (non-hydrogen) atoms. The van der Waals surface area contributed by atoms with Crippen molar-refractivity contribution in [2.75, 3.05) is 5.32 Å². The predicted molar refractivity (Wildman–Crippen MR) is 72.2 cm³/mol. The van der Waals surface area contributed by atoms with E-state index in [0.29, 0.717) is 0 Å². The molecule has 2 aromatic carbocycles. The number of rotatable bonds is 4. The maximum atomic E-state index is 13.4. The number of hydrogen-bond donors (Lipinski definition) is 2. The number of anilines is 1. The Hall–Kier alpha value is -2.90. The van der Waals surface area contributed by atoms with Crippen LogP contribution in [0.4, 0.5) is 23.2 Å². The summed E-state index contributed by atoms with van der Waals surface area (Å²) in [5.74, 6) is -6.17. The van der Waals surface area contributed by atoms with Crippen molar-refractivity contribution in [1.82, 2.24) is 0 Å². The fraction of sp³-hybridized carbons (Fsp3) is 0.0667. The van der Waals surface area contributed by atoms with E-state index < -0.39 is 41.1 Å². The standard InChI is InChI=1S/C15H9F4NO3/c16-10-3-1-7(5-9(10)13(19)15(22)23)14(21)20-8-2-4-11(17)12(18)6-8/h1-6,13H,(H,20,21)(H,22,23). The molecule has 0 radical (unpaired) electrons. The van der Waals surface area contributed by atoms with E-state index in [1.807, 2.05) is 0 Å². The summed E-state index contributed by atoms with van der Waals surface area (Å²) in [6, 6.07) is 5.10. The molecule has 1 amide bonds. The van der Waals surface area contributed by atoms with Gasteiger partial charge in [0.15, 0.2) is 11.6 Å². The fourth-order valence-corrected chi connectivity index (χ4v) is 1.79. The molecule has 8 heteroatoms. The van der Waals surface area contributed by atoms with Gasteiger partial charge < -0.3 is 10.4 Å². The predicted octanol–water partition coefficient (Wildman–Crippen LogP) is 3.45. The van der Waals surface area contributed by atoms with Crippen molar-refractivity contribution in [1.29, 1.82) is 0 Å². The normalized spacial score (nSPS) is 11.8. The van der Waals surface area contributed by atoms with Crippen molar-refractivity contribution >= 4 is 17.6 Å². The summed E-state index contributed by atoms with van der Waals surface area (Å²) in [4.78, 5) is 22.5. The molecule has 0 saturated heterocycles. The highest BCUT2D eigenvalue weighted by Gasteiger charge is 2.23. The third-order valence-electron chi connectivity index (χ3n) is 2.93. The number of amides is 1. The van der Waals surface area contributed by atoms with Gasteiger partial charge in [-0.1, -0.05) is 0 Å². The molecule has 1 unspecified atom stereocenters. The van der Waals surface area contributed by atoms with Crippen LogP contribution in [-0.4, -0.2) is 17.0 Å². The molecule has 4 nitrogen and oxygen atoms in total. The van der Waals surface area contributed by atoms with Gasteiger partial charge >= 0.3 is 5.97 Å². The molecule has 0 aromatic heterocycles. The third-order valence-corrected chi connectivity index (χ3v) is 2.93. The van der Waals surface area contributed by atoms with Gasteiger partial charge in [-0.3, -0.25) is 4.79 Å². The van der Waals surface area contributed by atoms with Crippen molar-refractivity contribution < 1.29 is 32.3 Å². The van der Waals surface area contributed by atoms with Crippen LogP contribution in [-0.2, 0) is 4.79 Å². The van der Waals surface area contributed by atoms with E-state index in [2.05, 4.69) is 5.32 Å². The zero-order chi connectivity index (χ0) is 17.1. The summed E-state index contributed by atoms with van der Waals surface area (Å²) in [6.07, 6.45) is -2.63. The van der Waals surface area contributed by atoms with Crippen LogP contribution >= 0.6 is 0 Å². The minimum Gasteiger partial charge on any atom is -0.479 e. The number of carboxylic acids is 1. The van der Waals surface area contributed by atoms with Crippen LogP contribution in [0, 0.1) is 17.5 Å². The molecule has 0 aliphatic rings. The van der Waals surface area contributed by atoms with E-state index in [4.69, 9.17) is 5.11 Å². The van der Waals surface area contributed by atoms with Crippen LogP contribution in [0.3, 0.4) is 0 Å². The Kier molecular flexibility index (Phi) is 4.63. The van der Waals surface area contributed by atoms with Gasteiger partial charge in [0.05, 0.1) is 0 Å². The van der Waals surface area contributed by atoms with Gasteiger partial charge in [-0.15, -0.1) is 0 Å². The summed E-state index contributed by atoms with van der Waals surface area (Å²) in [5.41, 5.74) is -1.12. The van der Waals surface area contributed by atoms with E-state index in [1.165, 1.54) is 0 Å². The van der Waals surface area contributed by atoms with Crippen molar-refractivity contribution in [2.24, 2.45) is 0 Å². The summed E-state index contributed by atoms with van der Waals surface area (Å²) < 4.78 is 52.7. The quantitative estimate of drug-likeness (QED) is 0.845. The molecule has 0 fully saturated rings. The minimum atomic E-state index is -2.63. The number of hydrogen-bond acceptors (Lipinski definition) is 2. The Bertz CT molecular complexity index is 779. The Morgan fingerprint density at radius 2 is 1.61 bits per heavy atom. The van der Waals surface area contributed by atoms with Crippen molar-refractivity contribution in [3.05, 3.63) is 65.0 Å². The van der Waals surface area contributed by atoms with Gasteiger partial charge in [-0.05, 0) is 30.3 Å². The SMILES string of the molecule is O=C(Nc1ccc(F)c(F)c1)c1ccc(F)c(C(F)C(=O)O)c1. The molecular weight excluding hydrogens is 318 g/mol. The smallest absolute Gasteiger partial charge is 0.343 e. The average molecular weight is 327 g/mol. The van der Waals surface area contributed by atoms with Gasteiger partial charge in [0.2, 0.25) is 6.17 Å². The maximum Gasteiger partial charge on any atom is 0.343 e. The summed E-state index contributed by atoms with van der Waals surface area (Å²) in [7, 11) is 0. The van der Waals surface area contributed by atoms with E-state index in [0.717, 1.165) is 36.4 Å². The fourth-order valence-electron chi connectivity index (χ4n) is 1.79. The molecule has 0 aliphatic heterocycles. The van der Waals surface area contributed by atoms with Crippen molar-refractivity contribution in [3.8, 4) is 0 Å². The molecule has 0 aliphatic carbocycles. The van der Waals surface area contributed by atoms with E-state index >= 15 is 0 Å². The zero-order valence-electron chi connectivity index (χ0n) is 11.3. The molecule has 120 valence electrons. The number of carbonyl (C=O) groups excluding carboxylic acids is 1. The largest absolute Gasteiger partial charge is 0.479 e. The number of alkyl halides is 1. The topological polar surface area (TPSA) is 66.4 Å². The monoisotopic (exact) mass is 327 g/mol. The van der Waals surface area contributed by atoms with Gasteiger partial charge in [-0.25, -0.2) is 22.4 Å². The second-order valence-electron chi connectivity index (χ2n) is 4.52. The molecule has 2 rings (SSSR count). The molecule has 0 spiro atoms. The van der Waals surface area contributed by atoms with Crippen LogP contribution in [0.25, 0.3) is 0 Å². The number of halogens is 4. The minimum absolute atomic E-state index is 0.0743. The van der Waals surface area contributed by atoms with Gasteiger partial charge in [-0.2, -0.15) is 0 Å². The summed E-state index contributed by atoms with van der Waals surface area (Å²) >= 11 is 0. The molecule has 0 saturated carbocycles. The van der Waals surface area contributed by atoms with Crippen molar-refractivity contribution in [3.63, 3.8) is 0 Å². The lowest BCUT2D eigenvalue weighted by Gasteiger charge is -2.09. The van der Waals surface area contributed by atoms with Gasteiger partial charge in [0.25, 0.3) is 5.91 Å². The lowest BCUT2D eigenvalue weighted by atomic mass is 10.1.